The van der Waals surface area contributed by atoms with Crippen molar-refractivity contribution in [3.8, 4) is 11.1 Å². The van der Waals surface area contributed by atoms with Gasteiger partial charge in [0.05, 0.1) is 17.2 Å². The van der Waals surface area contributed by atoms with Crippen molar-refractivity contribution in [1.29, 1.82) is 0 Å². The fourth-order valence-corrected chi connectivity index (χ4v) is 3.77. The van der Waals surface area contributed by atoms with Crippen LogP contribution in [0.3, 0.4) is 0 Å². The van der Waals surface area contributed by atoms with Gasteiger partial charge >= 0.3 is 0 Å². The van der Waals surface area contributed by atoms with E-state index in [9.17, 15) is 13.6 Å². The molecule has 0 radical (unpaired) electrons. The van der Waals surface area contributed by atoms with E-state index in [1.807, 2.05) is 0 Å². The van der Waals surface area contributed by atoms with E-state index in [1.165, 1.54) is 12.4 Å². The number of anilines is 1. The molecule has 144 valence electrons. The molecular weight excluding hydrogens is 383 g/mol. The molecule has 0 bridgehead atoms. The van der Waals surface area contributed by atoms with E-state index < -0.39 is 23.0 Å². The zero-order valence-electron chi connectivity index (χ0n) is 14.9. The van der Waals surface area contributed by atoms with Gasteiger partial charge in [-0.25, -0.2) is 13.2 Å². The molecule has 5 aromatic rings. The number of hydrogen-bond donors (Lipinski definition) is 3. The average molecular weight is 395 g/mol. The lowest BCUT2D eigenvalue weighted by Gasteiger charge is -2.15. The molecule has 2 aromatic carbocycles. The topological polar surface area (TPSA) is 100 Å². The lowest BCUT2D eigenvalue weighted by Crippen LogP contribution is -2.15. The molecule has 0 amide bonds. The summed E-state index contributed by atoms with van der Waals surface area (Å²) in [5, 5.41) is 6.80. The van der Waals surface area contributed by atoms with Gasteiger partial charge < -0.3 is 10.7 Å². The van der Waals surface area contributed by atoms with Crippen molar-refractivity contribution in [3.63, 3.8) is 0 Å². The number of nitrogens with one attached hydrogen (secondary N) is 2. The van der Waals surface area contributed by atoms with Crippen LogP contribution in [0.1, 0.15) is 5.56 Å². The first-order valence-corrected chi connectivity index (χ1v) is 8.59. The number of rotatable bonds is 1. The Morgan fingerprint density at radius 1 is 1.10 bits per heavy atom. The molecule has 0 spiro atoms. The number of nitrogens with zero attached hydrogens (tertiary/aromatic N) is 2. The van der Waals surface area contributed by atoms with Crippen LogP contribution in [0.4, 0.5) is 18.9 Å². The Morgan fingerprint density at radius 2 is 1.90 bits per heavy atom. The molecular formula is C20H12F3N5O. The van der Waals surface area contributed by atoms with Gasteiger partial charge in [0.2, 0.25) is 0 Å². The van der Waals surface area contributed by atoms with Crippen molar-refractivity contribution >= 4 is 38.4 Å². The Hall–Kier alpha value is -3.88. The van der Waals surface area contributed by atoms with Crippen LogP contribution in [-0.2, 0) is 0 Å². The van der Waals surface area contributed by atoms with Gasteiger partial charge in [0.15, 0.2) is 11.6 Å². The molecule has 5 rings (SSSR count). The number of H-pyrrole nitrogens is 2. The van der Waals surface area contributed by atoms with Crippen LogP contribution in [0.2, 0.25) is 0 Å². The first-order chi connectivity index (χ1) is 13.9. The molecule has 0 aliphatic rings. The maximum Gasteiger partial charge on any atom is 0.272 e. The summed E-state index contributed by atoms with van der Waals surface area (Å²) in [6, 6.07) is 4.23. The van der Waals surface area contributed by atoms with Crippen molar-refractivity contribution in [2.24, 2.45) is 0 Å². The lowest BCUT2D eigenvalue weighted by atomic mass is 9.93. The number of pyridine rings is 2. The Kier molecular flexibility index (Phi) is 3.45. The Bertz CT molecular complexity index is 1540. The van der Waals surface area contributed by atoms with E-state index in [4.69, 9.17) is 5.73 Å². The van der Waals surface area contributed by atoms with E-state index in [-0.39, 0.29) is 44.2 Å². The lowest BCUT2D eigenvalue weighted by molar-refractivity contribution is 0.515. The van der Waals surface area contributed by atoms with Crippen LogP contribution in [0.5, 0.6) is 0 Å². The molecule has 0 aliphatic carbocycles. The minimum absolute atomic E-state index is 0.00592. The Labute approximate surface area is 160 Å². The zero-order chi connectivity index (χ0) is 20.4. The van der Waals surface area contributed by atoms with E-state index in [2.05, 4.69) is 20.2 Å². The van der Waals surface area contributed by atoms with Crippen LogP contribution in [0.25, 0.3) is 43.8 Å². The van der Waals surface area contributed by atoms with Gasteiger partial charge in [-0.05, 0) is 30.7 Å². The minimum Gasteiger partial charge on any atom is -0.394 e. The molecule has 0 saturated heterocycles. The van der Waals surface area contributed by atoms with Crippen LogP contribution >= 0.6 is 0 Å². The molecule has 0 atom stereocenters. The summed E-state index contributed by atoms with van der Waals surface area (Å²) >= 11 is 0. The average Bonchev–Trinajstić information content (AvgIpc) is 3.21. The fourth-order valence-electron chi connectivity index (χ4n) is 3.77. The van der Waals surface area contributed by atoms with Crippen molar-refractivity contribution in [2.45, 2.75) is 6.92 Å². The second kappa shape index (κ2) is 5.81. The first kappa shape index (κ1) is 17.2. The number of benzene rings is 2. The highest BCUT2D eigenvalue weighted by Gasteiger charge is 2.24. The van der Waals surface area contributed by atoms with E-state index in [1.54, 1.807) is 19.1 Å². The maximum atomic E-state index is 15.5. The zero-order valence-corrected chi connectivity index (χ0v) is 14.9. The fraction of sp³-hybridized carbons (Fsp3) is 0.0500. The van der Waals surface area contributed by atoms with Gasteiger partial charge in [0.25, 0.3) is 5.56 Å². The molecule has 0 aliphatic heterocycles. The summed E-state index contributed by atoms with van der Waals surface area (Å²) in [5.41, 5.74) is 5.65. The largest absolute Gasteiger partial charge is 0.394 e. The molecule has 3 heterocycles. The van der Waals surface area contributed by atoms with Crippen LogP contribution in [0, 0.1) is 24.4 Å². The van der Waals surface area contributed by atoms with Crippen LogP contribution < -0.4 is 11.3 Å². The van der Waals surface area contributed by atoms with Gasteiger partial charge in [-0.1, -0.05) is 0 Å². The summed E-state index contributed by atoms with van der Waals surface area (Å²) in [5.74, 6) is -2.96. The number of nitrogen functional groups attached to an aromatic ring is 1. The molecule has 0 fully saturated rings. The monoisotopic (exact) mass is 395 g/mol. The van der Waals surface area contributed by atoms with Crippen molar-refractivity contribution in [3.05, 3.63) is 64.0 Å². The Morgan fingerprint density at radius 3 is 2.69 bits per heavy atom. The molecule has 4 N–H and O–H groups in total. The summed E-state index contributed by atoms with van der Waals surface area (Å²) in [6.07, 6.45) is 2.79. The molecule has 6 nitrogen and oxygen atoms in total. The van der Waals surface area contributed by atoms with E-state index in [0.717, 1.165) is 6.07 Å². The van der Waals surface area contributed by atoms with Gasteiger partial charge in [0.1, 0.15) is 17.0 Å². The van der Waals surface area contributed by atoms with Crippen LogP contribution in [-0.4, -0.2) is 20.2 Å². The number of halogens is 3. The first-order valence-electron chi connectivity index (χ1n) is 8.59. The number of fused-ring (bicyclic) bond motifs is 4. The number of aryl methyl sites for hydroxylation is 1. The smallest absolute Gasteiger partial charge is 0.272 e. The number of aromatic nitrogens is 4. The summed E-state index contributed by atoms with van der Waals surface area (Å²) in [6.45, 7) is 1.55. The highest BCUT2D eigenvalue weighted by molar-refractivity contribution is 6.15. The standard InChI is InChI=1S/C20H12F3N5O/c1-7-14(22)13-12(9-5-11(21)15(23)19-10(9)6-26-28-19)16(24)20(29)27-18(13)8-3-2-4-25-17(7)8/h2-6H,24H2,1H3,(H,26,28)(H,27,29). The Balaban J connectivity index is 2.09. The highest BCUT2D eigenvalue weighted by Crippen LogP contribution is 2.40. The predicted octanol–water partition coefficient (Wildman–Crippen LogP) is 3.93. The SMILES string of the molecule is Cc1c(F)c2c(-c3cc(F)c(F)c4[nH]ncc34)c(N)c(=O)[nH]c2c2cccnc12. The number of aromatic amines is 2. The van der Waals surface area contributed by atoms with Gasteiger partial charge in [-0.3, -0.25) is 14.9 Å². The normalized spacial score (nSPS) is 11.7. The second-order valence-electron chi connectivity index (χ2n) is 6.71. The van der Waals surface area contributed by atoms with Crippen molar-refractivity contribution in [2.75, 3.05) is 5.73 Å². The van der Waals surface area contributed by atoms with Gasteiger partial charge in [-0.15, -0.1) is 0 Å². The summed E-state index contributed by atoms with van der Waals surface area (Å²) in [7, 11) is 0. The van der Waals surface area contributed by atoms with Gasteiger partial charge in [-0.2, -0.15) is 5.10 Å². The molecule has 9 heteroatoms. The second-order valence-corrected chi connectivity index (χ2v) is 6.71. The van der Waals surface area contributed by atoms with Gasteiger partial charge in [0, 0.05) is 33.5 Å². The van der Waals surface area contributed by atoms with Crippen molar-refractivity contribution in [1.82, 2.24) is 20.2 Å². The molecule has 29 heavy (non-hydrogen) atoms. The quantitative estimate of drug-likeness (QED) is 0.375. The summed E-state index contributed by atoms with van der Waals surface area (Å²) < 4.78 is 43.9. The molecule has 0 saturated carbocycles. The highest BCUT2D eigenvalue weighted by atomic mass is 19.2. The third-order valence-electron chi connectivity index (χ3n) is 5.13. The van der Waals surface area contributed by atoms with E-state index in [0.29, 0.717) is 10.9 Å². The van der Waals surface area contributed by atoms with Crippen LogP contribution in [0.15, 0.2) is 35.4 Å². The van der Waals surface area contributed by atoms with E-state index >= 15 is 4.39 Å². The summed E-state index contributed by atoms with van der Waals surface area (Å²) in [4.78, 5) is 19.4. The third kappa shape index (κ3) is 2.21. The molecule has 0 unspecified atom stereocenters. The number of nitrogens with two attached hydrogens (primary N) is 1. The number of hydrogen-bond acceptors (Lipinski definition) is 4. The molecule has 3 aromatic heterocycles. The maximum absolute atomic E-state index is 15.5. The minimum atomic E-state index is -1.18. The third-order valence-corrected chi connectivity index (χ3v) is 5.13. The van der Waals surface area contributed by atoms with Crippen molar-refractivity contribution < 1.29 is 13.2 Å². The predicted molar refractivity (Wildman–Crippen MR) is 104 cm³/mol.